The lowest BCUT2D eigenvalue weighted by atomic mass is 10.0. The highest BCUT2D eigenvalue weighted by atomic mass is 15.4. The molecule has 0 unspecified atom stereocenters. The summed E-state index contributed by atoms with van der Waals surface area (Å²) < 4.78 is 0. The van der Waals surface area contributed by atoms with E-state index in [0.717, 1.165) is 88.8 Å². The summed E-state index contributed by atoms with van der Waals surface area (Å²) in [6.45, 7) is 8.17. The monoisotopic (exact) mass is 716 g/mol. The molecule has 5 aliphatic heterocycles. The van der Waals surface area contributed by atoms with E-state index in [-0.39, 0.29) is 5.96 Å². The van der Waals surface area contributed by atoms with E-state index in [1.165, 1.54) is 49.9 Å². The van der Waals surface area contributed by atoms with Gasteiger partial charge < -0.3 is 26.2 Å². The van der Waals surface area contributed by atoms with Gasteiger partial charge in [-0.3, -0.25) is 0 Å². The Kier molecular flexibility index (Phi) is 8.85. The summed E-state index contributed by atoms with van der Waals surface area (Å²) in [7, 11) is 0. The van der Waals surface area contributed by atoms with E-state index in [9.17, 15) is 0 Å². The van der Waals surface area contributed by atoms with E-state index in [0.29, 0.717) is 11.9 Å². The van der Waals surface area contributed by atoms with Crippen molar-refractivity contribution in [1.82, 2.24) is 14.9 Å². The van der Waals surface area contributed by atoms with E-state index in [2.05, 4.69) is 79.0 Å². The number of guanidine groups is 3. The Morgan fingerprint density at radius 1 is 0.574 bits per heavy atom. The first kappa shape index (κ1) is 33.5. The van der Waals surface area contributed by atoms with Crippen LogP contribution in [0.2, 0.25) is 0 Å². The molecule has 7 heterocycles. The van der Waals surface area contributed by atoms with Gasteiger partial charge in [-0.15, -0.1) is 0 Å². The van der Waals surface area contributed by atoms with Crippen molar-refractivity contribution in [2.45, 2.75) is 52.4 Å². The molecule has 0 aliphatic carbocycles. The van der Waals surface area contributed by atoms with Gasteiger partial charge in [-0.05, 0) is 125 Å². The molecule has 4 aromatic rings. The first-order chi connectivity index (χ1) is 26.4. The van der Waals surface area contributed by atoms with Gasteiger partial charge in [-0.2, -0.15) is 9.98 Å². The number of pyridine rings is 2. The van der Waals surface area contributed by atoms with E-state index in [1.54, 1.807) is 0 Å². The van der Waals surface area contributed by atoms with Crippen molar-refractivity contribution in [1.29, 1.82) is 0 Å². The number of nitrogens with one attached hydrogen (secondary N) is 2. The van der Waals surface area contributed by atoms with Crippen LogP contribution in [0.4, 0.5) is 34.4 Å². The fourth-order valence-corrected chi connectivity index (χ4v) is 7.72. The smallest absolute Gasteiger partial charge is 0.240 e. The Balaban J connectivity index is 1.14. The molecule has 9 rings (SSSR count). The minimum absolute atomic E-state index is 0.108. The summed E-state index contributed by atoms with van der Waals surface area (Å²) in [5.74, 6) is 2.50. The average molecular weight is 717 g/mol. The molecule has 0 spiro atoms. The number of nitrogens with two attached hydrogens (primary N) is 1. The second kappa shape index (κ2) is 14.3. The zero-order valence-electron chi connectivity index (χ0n) is 30.8. The average Bonchev–Trinajstić information content (AvgIpc) is 3.18. The van der Waals surface area contributed by atoms with Gasteiger partial charge in [-0.1, -0.05) is 12.1 Å². The zero-order valence-corrected chi connectivity index (χ0v) is 30.8. The third-order valence-corrected chi connectivity index (χ3v) is 10.4. The summed E-state index contributed by atoms with van der Waals surface area (Å²) in [4.78, 5) is 35.6. The molecule has 0 bridgehead atoms. The molecule has 0 atom stereocenters. The molecule has 5 aliphatic rings. The Bertz CT molecular complexity index is 2190. The molecule has 272 valence electrons. The second-order valence-electron chi connectivity index (χ2n) is 14.4. The van der Waals surface area contributed by atoms with Crippen molar-refractivity contribution in [3.63, 3.8) is 0 Å². The topological polar surface area (TPSA) is 135 Å². The van der Waals surface area contributed by atoms with Crippen LogP contribution < -0.4 is 26.2 Å². The number of anilines is 6. The number of allylic oxidation sites excluding steroid dienone is 2. The summed E-state index contributed by atoms with van der Waals surface area (Å²) in [6.07, 6.45) is 11.5. The Hall–Kier alpha value is -6.30. The number of hydrogen-bond acceptors (Lipinski definition) is 12. The first-order valence-corrected chi connectivity index (χ1v) is 19.0. The standard InChI is InChI=1S/C42H44N12/c1-27-11-9-13-38(44-27)46-34-23-29(52-19-5-3-6-20-52)15-17-32(34)36-25-31-26-37(49-42-51-40(43)50-41(48-36)54(31)42)33-18-16-30(53-21-7-4-8-22-53)24-35(33)47-39-14-10-12-28(2)45-39/h9-18,23-26H,3-8,19-22H2,1-2H3,(H,44,46)(H,45,47)(H2,43,48,49,50,51). The number of rotatable bonds is 8. The SMILES string of the molecule is Cc1cccc(Nc2cc(N3CCCCC3)ccc2C2=CC3=CC(c4ccc(N5CCCCC5)cc4Nc4cccc(C)n4)=NC4=NC(N)=NC(=N2)N34)n1. The molecule has 54 heavy (non-hydrogen) atoms. The molecular weight excluding hydrogens is 673 g/mol. The number of aromatic nitrogens is 2. The Morgan fingerprint density at radius 2 is 1.13 bits per heavy atom. The van der Waals surface area contributed by atoms with Crippen molar-refractivity contribution >= 4 is 63.7 Å². The van der Waals surface area contributed by atoms with Crippen LogP contribution in [0.3, 0.4) is 0 Å². The molecule has 2 aromatic carbocycles. The Labute approximate surface area is 315 Å². The molecule has 2 aromatic heterocycles. The lowest BCUT2D eigenvalue weighted by Gasteiger charge is -2.33. The van der Waals surface area contributed by atoms with Gasteiger partial charge in [0.1, 0.15) is 11.6 Å². The van der Waals surface area contributed by atoms with Crippen LogP contribution >= 0.6 is 0 Å². The highest BCUT2D eigenvalue weighted by Gasteiger charge is 2.33. The lowest BCUT2D eigenvalue weighted by molar-refractivity contribution is 0.578. The first-order valence-electron chi connectivity index (χ1n) is 19.0. The largest absolute Gasteiger partial charge is 0.371 e. The number of nitrogens with zero attached hydrogens (tertiary/aromatic N) is 9. The molecule has 0 radical (unpaired) electrons. The fraction of sp³-hybridized carbons (Fsp3) is 0.286. The van der Waals surface area contributed by atoms with Crippen LogP contribution in [0.15, 0.2) is 111 Å². The van der Waals surface area contributed by atoms with Crippen LogP contribution in [0.25, 0.3) is 5.70 Å². The Morgan fingerprint density at radius 3 is 1.72 bits per heavy atom. The maximum absolute atomic E-state index is 6.34. The normalized spacial score (nSPS) is 18.1. The van der Waals surface area contributed by atoms with E-state index in [1.807, 2.05) is 55.1 Å². The molecule has 12 nitrogen and oxygen atoms in total. The molecule has 4 N–H and O–H groups in total. The van der Waals surface area contributed by atoms with Gasteiger partial charge in [0, 0.05) is 60.1 Å². The summed E-state index contributed by atoms with van der Waals surface area (Å²) in [5.41, 5.74) is 16.6. The van der Waals surface area contributed by atoms with Gasteiger partial charge in [0.2, 0.25) is 17.9 Å². The van der Waals surface area contributed by atoms with Crippen LogP contribution in [-0.4, -0.2) is 64.6 Å². The van der Waals surface area contributed by atoms with Crippen LogP contribution in [-0.2, 0) is 0 Å². The highest BCUT2D eigenvalue weighted by Crippen LogP contribution is 2.38. The lowest BCUT2D eigenvalue weighted by Crippen LogP contribution is -2.43. The molecule has 0 saturated carbocycles. The van der Waals surface area contributed by atoms with E-state index >= 15 is 0 Å². The van der Waals surface area contributed by atoms with Crippen molar-refractivity contribution in [2.75, 3.05) is 46.6 Å². The maximum Gasteiger partial charge on any atom is 0.240 e. The molecule has 2 saturated heterocycles. The van der Waals surface area contributed by atoms with Crippen molar-refractivity contribution in [3.8, 4) is 0 Å². The van der Waals surface area contributed by atoms with E-state index in [4.69, 9.17) is 25.7 Å². The summed E-state index contributed by atoms with van der Waals surface area (Å²) in [6, 6.07) is 25.1. The summed E-state index contributed by atoms with van der Waals surface area (Å²) in [5, 5.41) is 7.24. The number of aryl methyl sites for hydroxylation is 2. The quantitative estimate of drug-likeness (QED) is 0.169. The van der Waals surface area contributed by atoms with Crippen LogP contribution in [0, 0.1) is 13.8 Å². The number of aliphatic imine (C=N–C) groups is 4. The van der Waals surface area contributed by atoms with Crippen molar-refractivity contribution in [2.24, 2.45) is 25.7 Å². The number of piperidine rings is 2. The zero-order chi connectivity index (χ0) is 36.6. The molecule has 0 amide bonds. The molecular formula is C42H44N12. The predicted octanol–water partition coefficient (Wildman–Crippen LogP) is 7.64. The van der Waals surface area contributed by atoms with Gasteiger partial charge >= 0.3 is 0 Å². The third kappa shape index (κ3) is 6.82. The number of hydrogen-bond donors (Lipinski definition) is 3. The predicted molar refractivity (Wildman–Crippen MR) is 220 cm³/mol. The van der Waals surface area contributed by atoms with Crippen LogP contribution in [0.5, 0.6) is 0 Å². The van der Waals surface area contributed by atoms with E-state index < -0.39 is 0 Å². The van der Waals surface area contributed by atoms with Crippen LogP contribution in [0.1, 0.15) is 61.0 Å². The minimum atomic E-state index is 0.108. The third-order valence-electron chi connectivity index (χ3n) is 10.4. The fourth-order valence-electron chi connectivity index (χ4n) is 7.72. The van der Waals surface area contributed by atoms with Crippen molar-refractivity contribution in [3.05, 3.63) is 113 Å². The second-order valence-corrected chi connectivity index (χ2v) is 14.4. The van der Waals surface area contributed by atoms with Gasteiger partial charge in [-0.25, -0.2) is 24.9 Å². The maximum atomic E-state index is 6.34. The molecule has 2 fully saturated rings. The van der Waals surface area contributed by atoms with Gasteiger partial charge in [0.25, 0.3) is 0 Å². The van der Waals surface area contributed by atoms with Gasteiger partial charge in [0.05, 0.1) is 28.5 Å². The highest BCUT2D eigenvalue weighted by molar-refractivity contribution is 6.25. The molecule has 12 heteroatoms. The van der Waals surface area contributed by atoms with Crippen molar-refractivity contribution < 1.29 is 0 Å². The van der Waals surface area contributed by atoms with Gasteiger partial charge in [0.15, 0.2) is 0 Å². The minimum Gasteiger partial charge on any atom is -0.371 e. The summed E-state index contributed by atoms with van der Waals surface area (Å²) >= 11 is 0. The number of benzene rings is 2.